The molecule has 1 N–H and O–H groups in total. The van der Waals surface area contributed by atoms with E-state index in [1.165, 1.54) is 11.1 Å². The summed E-state index contributed by atoms with van der Waals surface area (Å²) in [7, 11) is 3.29. The highest BCUT2D eigenvalue weighted by atomic mass is 16.5. The van der Waals surface area contributed by atoms with Crippen LogP contribution in [-0.4, -0.2) is 29.7 Å². The highest BCUT2D eigenvalue weighted by Gasteiger charge is 2.23. The van der Waals surface area contributed by atoms with Crippen molar-refractivity contribution >= 4 is 5.91 Å². The van der Waals surface area contributed by atoms with Gasteiger partial charge in [0.1, 0.15) is 17.2 Å². The number of hydrogen-bond donors (Lipinski definition) is 1. The monoisotopic (exact) mass is 453 g/mol. The summed E-state index contributed by atoms with van der Waals surface area (Å²) >= 11 is 0. The van der Waals surface area contributed by atoms with Gasteiger partial charge in [-0.05, 0) is 60.2 Å². The SMILES string of the molecule is COc1cccc(OC)c1-c1ccc(-n2cncc2C(=O)N[C@H]2CCCc3ccccc32)cc1. The van der Waals surface area contributed by atoms with Crippen molar-refractivity contribution in [3.8, 4) is 28.3 Å². The van der Waals surface area contributed by atoms with E-state index in [0.29, 0.717) is 5.69 Å². The second-order valence-corrected chi connectivity index (χ2v) is 8.35. The number of aromatic nitrogens is 2. The van der Waals surface area contributed by atoms with Crippen molar-refractivity contribution in [2.75, 3.05) is 14.2 Å². The molecule has 0 saturated carbocycles. The van der Waals surface area contributed by atoms with Crippen LogP contribution in [0.25, 0.3) is 16.8 Å². The van der Waals surface area contributed by atoms with E-state index in [0.717, 1.165) is 47.6 Å². The first-order valence-corrected chi connectivity index (χ1v) is 11.4. The molecule has 0 bridgehead atoms. The van der Waals surface area contributed by atoms with Gasteiger partial charge >= 0.3 is 0 Å². The molecule has 0 fully saturated rings. The van der Waals surface area contributed by atoms with Gasteiger partial charge in [-0.3, -0.25) is 9.36 Å². The minimum Gasteiger partial charge on any atom is -0.496 e. The fourth-order valence-electron chi connectivity index (χ4n) is 4.73. The van der Waals surface area contributed by atoms with Crippen LogP contribution in [0.5, 0.6) is 11.5 Å². The van der Waals surface area contributed by atoms with Gasteiger partial charge in [0.15, 0.2) is 0 Å². The first-order valence-electron chi connectivity index (χ1n) is 11.4. The topological polar surface area (TPSA) is 65.4 Å². The van der Waals surface area contributed by atoms with Crippen LogP contribution in [0.1, 0.15) is 40.5 Å². The summed E-state index contributed by atoms with van der Waals surface area (Å²) < 4.78 is 12.9. The summed E-state index contributed by atoms with van der Waals surface area (Å²) in [6.07, 6.45) is 6.34. The van der Waals surface area contributed by atoms with Crippen molar-refractivity contribution in [2.45, 2.75) is 25.3 Å². The lowest BCUT2D eigenvalue weighted by Crippen LogP contribution is -2.32. The molecule has 6 nitrogen and oxygen atoms in total. The number of nitrogens with zero attached hydrogens (tertiary/aromatic N) is 2. The Morgan fingerprint density at radius 3 is 2.44 bits per heavy atom. The molecule has 1 amide bonds. The van der Waals surface area contributed by atoms with E-state index in [-0.39, 0.29) is 11.9 Å². The van der Waals surface area contributed by atoms with Crippen molar-refractivity contribution in [3.05, 3.63) is 96.1 Å². The Labute approximate surface area is 199 Å². The number of rotatable bonds is 6. The predicted molar refractivity (Wildman–Crippen MR) is 132 cm³/mol. The summed E-state index contributed by atoms with van der Waals surface area (Å²) in [6.45, 7) is 0. The third kappa shape index (κ3) is 4.03. The van der Waals surface area contributed by atoms with Crippen LogP contribution < -0.4 is 14.8 Å². The van der Waals surface area contributed by atoms with Crippen LogP contribution in [0.15, 0.2) is 79.3 Å². The largest absolute Gasteiger partial charge is 0.496 e. The fourth-order valence-corrected chi connectivity index (χ4v) is 4.73. The summed E-state index contributed by atoms with van der Waals surface area (Å²) in [6, 6.07) is 22.0. The van der Waals surface area contributed by atoms with Crippen LogP contribution in [0, 0.1) is 0 Å². The molecule has 0 saturated heterocycles. The molecule has 1 aromatic heterocycles. The number of fused-ring (bicyclic) bond motifs is 1. The molecule has 3 aromatic carbocycles. The van der Waals surface area contributed by atoms with Crippen LogP contribution in [-0.2, 0) is 6.42 Å². The average Bonchev–Trinajstić information content (AvgIpc) is 3.39. The van der Waals surface area contributed by atoms with E-state index in [1.54, 1.807) is 26.7 Å². The normalized spacial score (nSPS) is 14.8. The molecule has 5 rings (SSSR count). The van der Waals surface area contributed by atoms with E-state index >= 15 is 0 Å². The first-order chi connectivity index (χ1) is 16.7. The Balaban J connectivity index is 1.41. The third-order valence-corrected chi connectivity index (χ3v) is 6.41. The van der Waals surface area contributed by atoms with Crippen LogP contribution in [0.3, 0.4) is 0 Å². The maximum atomic E-state index is 13.2. The molecule has 172 valence electrons. The van der Waals surface area contributed by atoms with Crippen LogP contribution >= 0.6 is 0 Å². The quantitative estimate of drug-likeness (QED) is 0.427. The number of nitrogens with one attached hydrogen (secondary N) is 1. The molecular weight excluding hydrogens is 426 g/mol. The van der Waals surface area contributed by atoms with E-state index in [1.807, 2.05) is 53.1 Å². The molecule has 6 heteroatoms. The lowest BCUT2D eigenvalue weighted by atomic mass is 9.88. The van der Waals surface area contributed by atoms with Gasteiger partial charge in [0.2, 0.25) is 0 Å². The standard InChI is InChI=1S/C28H27N3O3/c1-33-25-11-6-12-26(34-2)27(25)20-13-15-21(16-14-20)31-18-29-17-24(31)28(32)30-23-10-5-8-19-7-3-4-9-22(19)23/h3-4,6-7,9,11-18,23H,5,8,10H2,1-2H3,(H,30,32)/t23-/m0/s1. The van der Waals surface area contributed by atoms with Gasteiger partial charge in [-0.15, -0.1) is 0 Å². The van der Waals surface area contributed by atoms with Crippen LogP contribution in [0.4, 0.5) is 0 Å². The van der Waals surface area contributed by atoms with Crippen molar-refractivity contribution < 1.29 is 14.3 Å². The van der Waals surface area contributed by atoms with Crippen molar-refractivity contribution in [2.24, 2.45) is 0 Å². The van der Waals surface area contributed by atoms with E-state index < -0.39 is 0 Å². The second-order valence-electron chi connectivity index (χ2n) is 8.35. The highest BCUT2D eigenvalue weighted by Crippen LogP contribution is 2.38. The number of aryl methyl sites for hydroxylation is 1. The molecule has 1 heterocycles. The Kier molecular flexibility index (Phi) is 6.04. The number of hydrogen-bond acceptors (Lipinski definition) is 4. The Morgan fingerprint density at radius 1 is 0.971 bits per heavy atom. The highest BCUT2D eigenvalue weighted by molar-refractivity contribution is 5.93. The molecule has 4 aromatic rings. The molecule has 0 aliphatic heterocycles. The van der Waals surface area contributed by atoms with Crippen molar-refractivity contribution in [1.82, 2.24) is 14.9 Å². The summed E-state index contributed by atoms with van der Waals surface area (Å²) in [5.74, 6) is 1.35. The second kappa shape index (κ2) is 9.43. The van der Waals surface area contributed by atoms with E-state index in [2.05, 4.69) is 28.5 Å². The van der Waals surface area contributed by atoms with Gasteiger partial charge in [0.05, 0.1) is 38.3 Å². The zero-order valence-corrected chi connectivity index (χ0v) is 19.3. The number of carbonyl (C=O) groups excluding carboxylic acids is 1. The van der Waals surface area contributed by atoms with E-state index in [9.17, 15) is 4.79 Å². The van der Waals surface area contributed by atoms with E-state index in [4.69, 9.17) is 9.47 Å². The van der Waals surface area contributed by atoms with Gasteiger partial charge < -0.3 is 14.8 Å². The Bertz CT molecular complexity index is 1290. The number of carbonyl (C=O) groups is 1. The molecule has 0 spiro atoms. The average molecular weight is 454 g/mol. The number of ether oxygens (including phenoxy) is 2. The lowest BCUT2D eigenvalue weighted by Gasteiger charge is -2.26. The summed E-state index contributed by atoms with van der Waals surface area (Å²) in [5.41, 5.74) is 5.73. The number of methoxy groups -OCH3 is 2. The maximum absolute atomic E-state index is 13.2. The fraction of sp³-hybridized carbons (Fsp3) is 0.214. The molecule has 1 atom stereocenters. The minimum atomic E-state index is -0.130. The number of imidazole rings is 1. The van der Waals surface area contributed by atoms with Gasteiger partial charge in [-0.2, -0.15) is 0 Å². The zero-order chi connectivity index (χ0) is 23.5. The maximum Gasteiger partial charge on any atom is 0.270 e. The predicted octanol–water partition coefficient (Wildman–Crippen LogP) is 5.36. The molecule has 0 unspecified atom stereocenters. The van der Waals surface area contributed by atoms with Gasteiger partial charge in [0.25, 0.3) is 5.91 Å². The Morgan fingerprint density at radius 2 is 1.71 bits per heavy atom. The number of amides is 1. The molecule has 1 aliphatic carbocycles. The summed E-state index contributed by atoms with van der Waals surface area (Å²) in [5, 5.41) is 3.22. The lowest BCUT2D eigenvalue weighted by molar-refractivity contribution is 0.0926. The zero-order valence-electron chi connectivity index (χ0n) is 19.3. The number of benzene rings is 3. The van der Waals surface area contributed by atoms with Gasteiger partial charge in [0, 0.05) is 5.69 Å². The van der Waals surface area contributed by atoms with Crippen molar-refractivity contribution in [1.29, 1.82) is 0 Å². The molecule has 0 radical (unpaired) electrons. The first kappa shape index (κ1) is 21.8. The Hall–Kier alpha value is -4.06. The van der Waals surface area contributed by atoms with Gasteiger partial charge in [-0.1, -0.05) is 42.5 Å². The molecule has 34 heavy (non-hydrogen) atoms. The summed E-state index contributed by atoms with van der Waals surface area (Å²) in [4.78, 5) is 17.5. The minimum absolute atomic E-state index is 0.0150. The van der Waals surface area contributed by atoms with Gasteiger partial charge in [-0.25, -0.2) is 4.98 Å². The van der Waals surface area contributed by atoms with Crippen LogP contribution in [0.2, 0.25) is 0 Å². The molecular formula is C28H27N3O3. The van der Waals surface area contributed by atoms with Crippen molar-refractivity contribution in [3.63, 3.8) is 0 Å². The smallest absolute Gasteiger partial charge is 0.270 e. The molecule has 1 aliphatic rings. The third-order valence-electron chi connectivity index (χ3n) is 6.41.